The third-order valence-corrected chi connectivity index (χ3v) is 3.26. The largest absolute Gasteiger partial charge is 0.480 e. The van der Waals surface area contributed by atoms with Gasteiger partial charge in [-0.25, -0.2) is 9.97 Å². The van der Waals surface area contributed by atoms with E-state index in [1.165, 1.54) is 11.3 Å². The summed E-state index contributed by atoms with van der Waals surface area (Å²) in [5.41, 5.74) is 9.46. The van der Waals surface area contributed by atoms with Crippen LogP contribution in [0.2, 0.25) is 0 Å². The Balaban J connectivity index is 2.41. The van der Waals surface area contributed by atoms with Crippen LogP contribution in [0.5, 0.6) is 5.88 Å². The Labute approximate surface area is 97.3 Å². The molecule has 1 unspecified atom stereocenters. The zero-order chi connectivity index (χ0) is 11.5. The maximum atomic E-state index is 6.13. The molecule has 0 amide bonds. The molecule has 0 bridgehead atoms. The normalized spacial score (nSPS) is 12.4. The molecule has 0 saturated heterocycles. The fourth-order valence-corrected chi connectivity index (χ4v) is 2.25. The molecule has 84 valence electrons. The quantitative estimate of drug-likeness (QED) is 0.869. The minimum absolute atomic E-state index is 0.337. The van der Waals surface area contributed by atoms with Crippen LogP contribution in [0.3, 0.4) is 0 Å². The molecule has 2 rings (SSSR count). The monoisotopic (exact) mass is 236 g/mol. The molecule has 2 N–H and O–H groups in total. The summed E-state index contributed by atoms with van der Waals surface area (Å²) in [5, 5.41) is 0. The first-order valence-corrected chi connectivity index (χ1v) is 5.62. The van der Waals surface area contributed by atoms with Crippen molar-refractivity contribution in [2.75, 3.05) is 7.11 Å². The number of aryl methyl sites for hydroxylation is 1. The minimum Gasteiger partial charge on any atom is -0.480 e. The highest BCUT2D eigenvalue weighted by atomic mass is 32.1. The van der Waals surface area contributed by atoms with Gasteiger partial charge in [-0.1, -0.05) is 0 Å². The van der Waals surface area contributed by atoms with Gasteiger partial charge in [0.1, 0.15) is 5.69 Å². The number of thiazole rings is 1. The van der Waals surface area contributed by atoms with Crippen molar-refractivity contribution in [2.45, 2.75) is 13.0 Å². The predicted octanol–water partition coefficient (Wildman–Crippen LogP) is 1.30. The molecule has 16 heavy (non-hydrogen) atoms. The number of rotatable bonds is 3. The van der Waals surface area contributed by atoms with Gasteiger partial charge in [0.05, 0.1) is 29.2 Å². The Bertz CT molecular complexity index is 485. The minimum atomic E-state index is -0.337. The van der Waals surface area contributed by atoms with E-state index in [2.05, 4.69) is 15.0 Å². The lowest BCUT2D eigenvalue weighted by atomic mass is 10.1. The second kappa shape index (κ2) is 4.54. The summed E-state index contributed by atoms with van der Waals surface area (Å²) in [6.07, 6.45) is 3.18. The highest BCUT2D eigenvalue weighted by Gasteiger charge is 2.19. The first-order valence-electron chi connectivity index (χ1n) is 4.74. The summed E-state index contributed by atoms with van der Waals surface area (Å²) in [6.45, 7) is 1.93. The van der Waals surface area contributed by atoms with E-state index < -0.39 is 0 Å². The van der Waals surface area contributed by atoms with Crippen molar-refractivity contribution in [1.29, 1.82) is 0 Å². The summed E-state index contributed by atoms with van der Waals surface area (Å²) in [5.74, 6) is 0.461. The first kappa shape index (κ1) is 11.0. The van der Waals surface area contributed by atoms with Crippen molar-refractivity contribution in [3.8, 4) is 5.88 Å². The molecule has 0 fully saturated rings. The van der Waals surface area contributed by atoms with Crippen LogP contribution >= 0.6 is 11.3 Å². The summed E-state index contributed by atoms with van der Waals surface area (Å²) in [4.78, 5) is 13.4. The molecular weight excluding hydrogens is 224 g/mol. The third-order valence-electron chi connectivity index (χ3n) is 2.24. The number of ether oxygens (including phenoxy) is 1. The predicted molar refractivity (Wildman–Crippen MR) is 61.5 cm³/mol. The molecule has 0 saturated carbocycles. The Morgan fingerprint density at radius 3 is 2.69 bits per heavy atom. The number of nitrogens with two attached hydrogens (primary N) is 1. The van der Waals surface area contributed by atoms with Crippen molar-refractivity contribution < 1.29 is 4.74 Å². The van der Waals surface area contributed by atoms with Crippen LogP contribution in [-0.2, 0) is 0 Å². The van der Waals surface area contributed by atoms with Crippen molar-refractivity contribution in [3.63, 3.8) is 0 Å². The average Bonchev–Trinajstić information content (AvgIpc) is 2.74. The van der Waals surface area contributed by atoms with Crippen LogP contribution in [0.1, 0.15) is 22.3 Å². The number of aromatic nitrogens is 3. The Hall–Kier alpha value is -1.53. The van der Waals surface area contributed by atoms with Gasteiger partial charge < -0.3 is 10.5 Å². The lowest BCUT2D eigenvalue weighted by molar-refractivity contribution is 0.387. The lowest BCUT2D eigenvalue weighted by Crippen LogP contribution is -2.15. The van der Waals surface area contributed by atoms with E-state index in [4.69, 9.17) is 10.5 Å². The summed E-state index contributed by atoms with van der Waals surface area (Å²) in [6, 6.07) is -0.337. The van der Waals surface area contributed by atoms with E-state index in [-0.39, 0.29) is 6.04 Å². The highest BCUT2D eigenvalue weighted by molar-refractivity contribution is 7.09. The second-order valence-electron chi connectivity index (χ2n) is 3.23. The number of hydrogen-bond acceptors (Lipinski definition) is 6. The van der Waals surface area contributed by atoms with E-state index in [0.29, 0.717) is 11.6 Å². The summed E-state index contributed by atoms with van der Waals surface area (Å²) < 4.78 is 5.13. The van der Waals surface area contributed by atoms with Crippen molar-refractivity contribution in [3.05, 3.63) is 34.2 Å². The lowest BCUT2D eigenvalue weighted by Gasteiger charge is -2.12. The smallest absolute Gasteiger partial charge is 0.237 e. The fourth-order valence-electron chi connectivity index (χ4n) is 1.44. The van der Waals surface area contributed by atoms with Crippen LogP contribution in [-0.4, -0.2) is 22.1 Å². The van der Waals surface area contributed by atoms with Crippen LogP contribution in [0.4, 0.5) is 0 Å². The Kier molecular flexibility index (Phi) is 3.12. The highest BCUT2D eigenvalue weighted by Crippen LogP contribution is 2.28. The molecule has 0 spiro atoms. The van der Waals surface area contributed by atoms with Gasteiger partial charge in [-0.2, -0.15) is 0 Å². The SMILES string of the molecule is COc1nccnc1C(N)c1scnc1C. The number of hydrogen-bond donors (Lipinski definition) is 1. The Morgan fingerprint density at radius 2 is 2.06 bits per heavy atom. The van der Waals surface area contributed by atoms with Gasteiger partial charge in [-0.05, 0) is 6.92 Å². The molecule has 0 aliphatic rings. The molecule has 0 aliphatic carbocycles. The first-order chi connectivity index (χ1) is 7.74. The van der Waals surface area contributed by atoms with Gasteiger partial charge in [0.15, 0.2) is 0 Å². The van der Waals surface area contributed by atoms with Crippen molar-refractivity contribution in [1.82, 2.24) is 15.0 Å². The van der Waals surface area contributed by atoms with E-state index in [0.717, 1.165) is 10.6 Å². The van der Waals surface area contributed by atoms with Gasteiger partial charge in [0.25, 0.3) is 0 Å². The van der Waals surface area contributed by atoms with Gasteiger partial charge in [-0.15, -0.1) is 11.3 Å². The fraction of sp³-hybridized carbons (Fsp3) is 0.300. The Morgan fingerprint density at radius 1 is 1.31 bits per heavy atom. The molecule has 1 atom stereocenters. The van der Waals surface area contributed by atoms with E-state index in [1.54, 1.807) is 25.0 Å². The van der Waals surface area contributed by atoms with Crippen LogP contribution in [0, 0.1) is 6.92 Å². The number of nitrogens with zero attached hydrogens (tertiary/aromatic N) is 3. The maximum absolute atomic E-state index is 6.13. The van der Waals surface area contributed by atoms with Crippen LogP contribution in [0.25, 0.3) is 0 Å². The maximum Gasteiger partial charge on any atom is 0.237 e. The van der Waals surface area contributed by atoms with Crippen LogP contribution < -0.4 is 10.5 Å². The van der Waals surface area contributed by atoms with Crippen LogP contribution in [0.15, 0.2) is 17.9 Å². The summed E-state index contributed by atoms with van der Waals surface area (Å²) in [7, 11) is 1.56. The van der Waals surface area contributed by atoms with Gasteiger partial charge in [0, 0.05) is 12.4 Å². The molecule has 0 radical (unpaired) electrons. The number of methoxy groups -OCH3 is 1. The van der Waals surface area contributed by atoms with Gasteiger partial charge >= 0.3 is 0 Å². The standard InChI is InChI=1S/C10H12N4OS/c1-6-9(16-5-14-6)7(11)8-10(15-2)13-4-3-12-8/h3-5,7H,11H2,1-2H3. The molecule has 2 aromatic heterocycles. The van der Waals surface area contributed by atoms with Crippen molar-refractivity contribution in [2.24, 2.45) is 5.73 Å². The third kappa shape index (κ3) is 1.89. The molecule has 2 aromatic rings. The zero-order valence-electron chi connectivity index (χ0n) is 9.04. The van der Waals surface area contributed by atoms with E-state index >= 15 is 0 Å². The van der Waals surface area contributed by atoms with E-state index in [9.17, 15) is 0 Å². The molecule has 0 aliphatic heterocycles. The average molecular weight is 236 g/mol. The van der Waals surface area contributed by atoms with Crippen molar-refractivity contribution >= 4 is 11.3 Å². The second-order valence-corrected chi connectivity index (χ2v) is 4.12. The summed E-state index contributed by atoms with van der Waals surface area (Å²) >= 11 is 1.51. The van der Waals surface area contributed by atoms with Gasteiger partial charge in [0.2, 0.25) is 5.88 Å². The zero-order valence-corrected chi connectivity index (χ0v) is 9.86. The molecule has 2 heterocycles. The topological polar surface area (TPSA) is 73.9 Å². The molecule has 5 nitrogen and oxygen atoms in total. The molecule has 0 aromatic carbocycles. The van der Waals surface area contributed by atoms with E-state index in [1.807, 2.05) is 6.92 Å². The molecular formula is C10H12N4OS. The molecule has 6 heteroatoms. The van der Waals surface area contributed by atoms with Gasteiger partial charge in [-0.3, -0.25) is 4.98 Å².